The van der Waals surface area contributed by atoms with Gasteiger partial charge in [-0.1, -0.05) is 6.07 Å². The van der Waals surface area contributed by atoms with Gasteiger partial charge in [-0.25, -0.2) is 8.42 Å². The van der Waals surface area contributed by atoms with E-state index in [9.17, 15) is 8.42 Å². The fourth-order valence-electron chi connectivity index (χ4n) is 2.05. The molecule has 0 amide bonds. The zero-order chi connectivity index (χ0) is 14.9. The highest BCUT2D eigenvalue weighted by molar-refractivity contribution is 7.92. The van der Waals surface area contributed by atoms with Gasteiger partial charge in [-0.05, 0) is 43.2 Å². The summed E-state index contributed by atoms with van der Waals surface area (Å²) < 4.78 is 26.8. The summed E-state index contributed by atoms with van der Waals surface area (Å²) in [6.07, 6.45) is 3.11. The Bertz CT molecular complexity index is 728. The normalized spacial score (nSPS) is 11.3. The van der Waals surface area contributed by atoms with Crippen LogP contribution in [0.1, 0.15) is 11.1 Å². The Morgan fingerprint density at radius 2 is 1.90 bits per heavy atom. The number of nitrogen functional groups attached to an aromatic ring is 1. The first kappa shape index (κ1) is 14.3. The van der Waals surface area contributed by atoms with Crippen molar-refractivity contribution in [2.24, 2.45) is 0 Å². The number of anilines is 2. The van der Waals surface area contributed by atoms with Crippen molar-refractivity contribution in [3.8, 4) is 0 Å². The molecule has 0 bridgehead atoms. The highest BCUT2D eigenvalue weighted by atomic mass is 32.2. The number of aromatic nitrogens is 1. The van der Waals surface area contributed by atoms with Gasteiger partial charge in [0.15, 0.2) is 0 Å². The van der Waals surface area contributed by atoms with E-state index in [1.807, 2.05) is 0 Å². The molecule has 106 valence electrons. The van der Waals surface area contributed by atoms with Crippen LogP contribution < -0.4 is 10.0 Å². The van der Waals surface area contributed by atoms with Gasteiger partial charge in [-0.2, -0.15) is 0 Å². The van der Waals surface area contributed by atoms with E-state index in [-0.39, 0.29) is 4.90 Å². The Kier molecular flexibility index (Phi) is 3.67. The Hall–Kier alpha value is -2.08. The van der Waals surface area contributed by atoms with E-state index in [1.165, 1.54) is 17.5 Å². The summed E-state index contributed by atoms with van der Waals surface area (Å²) in [5, 5.41) is 0. The Balaban J connectivity index is 2.60. The minimum Gasteiger partial charge on any atom is -0.398 e. The number of rotatable bonds is 3. The summed E-state index contributed by atoms with van der Waals surface area (Å²) in [4.78, 5) is 4.20. The first-order valence-electron chi connectivity index (χ1n) is 6.10. The quantitative estimate of drug-likeness (QED) is 0.879. The van der Waals surface area contributed by atoms with Gasteiger partial charge in [0.25, 0.3) is 10.0 Å². The molecule has 1 aromatic heterocycles. The first-order chi connectivity index (χ1) is 9.35. The topological polar surface area (TPSA) is 76.3 Å². The maximum Gasteiger partial charge on any atom is 0.264 e. The van der Waals surface area contributed by atoms with Crippen molar-refractivity contribution in [3.05, 3.63) is 47.8 Å². The van der Waals surface area contributed by atoms with E-state index in [0.717, 1.165) is 0 Å². The van der Waals surface area contributed by atoms with Gasteiger partial charge in [0.1, 0.15) is 0 Å². The van der Waals surface area contributed by atoms with Crippen LogP contribution in [0.25, 0.3) is 0 Å². The number of sulfonamides is 1. The molecule has 2 rings (SSSR count). The SMILES string of the molecule is Cc1ccc(N)c(C)c1S(=O)(=O)N(C)c1cccnc1. The fraction of sp³-hybridized carbons (Fsp3) is 0.214. The van der Waals surface area contributed by atoms with E-state index in [4.69, 9.17) is 5.73 Å². The van der Waals surface area contributed by atoms with Crippen LogP contribution in [-0.4, -0.2) is 20.4 Å². The summed E-state index contributed by atoms with van der Waals surface area (Å²) in [5.41, 5.74) is 8.05. The minimum absolute atomic E-state index is 0.254. The lowest BCUT2D eigenvalue weighted by Gasteiger charge is -2.22. The molecular formula is C14H17N3O2S. The molecule has 0 saturated heterocycles. The molecule has 0 aliphatic rings. The fourth-order valence-corrected chi connectivity index (χ4v) is 3.69. The van der Waals surface area contributed by atoms with E-state index in [1.54, 1.807) is 44.3 Å². The van der Waals surface area contributed by atoms with Crippen LogP contribution in [0.15, 0.2) is 41.6 Å². The molecule has 0 radical (unpaired) electrons. The molecule has 0 saturated carbocycles. The zero-order valence-electron chi connectivity index (χ0n) is 11.7. The molecule has 1 heterocycles. The van der Waals surface area contributed by atoms with Crippen molar-refractivity contribution in [2.45, 2.75) is 18.7 Å². The van der Waals surface area contributed by atoms with E-state index >= 15 is 0 Å². The molecule has 0 aliphatic carbocycles. The molecule has 0 atom stereocenters. The Labute approximate surface area is 119 Å². The van der Waals surface area contributed by atoms with Gasteiger partial charge in [0.2, 0.25) is 0 Å². The molecule has 2 N–H and O–H groups in total. The Morgan fingerprint density at radius 1 is 1.20 bits per heavy atom. The molecule has 0 aliphatic heterocycles. The van der Waals surface area contributed by atoms with Crippen LogP contribution in [0.2, 0.25) is 0 Å². The molecule has 0 spiro atoms. The monoisotopic (exact) mass is 291 g/mol. The summed E-state index contributed by atoms with van der Waals surface area (Å²) in [5.74, 6) is 0. The number of nitrogens with zero attached hydrogens (tertiary/aromatic N) is 2. The first-order valence-corrected chi connectivity index (χ1v) is 7.54. The van der Waals surface area contributed by atoms with Gasteiger partial charge >= 0.3 is 0 Å². The van der Waals surface area contributed by atoms with Crippen LogP contribution in [0.3, 0.4) is 0 Å². The third-order valence-corrected chi connectivity index (χ3v) is 5.35. The predicted molar refractivity (Wildman–Crippen MR) is 80.2 cm³/mol. The van der Waals surface area contributed by atoms with Gasteiger partial charge in [-0.3, -0.25) is 9.29 Å². The van der Waals surface area contributed by atoms with Crippen molar-refractivity contribution in [1.82, 2.24) is 4.98 Å². The third kappa shape index (κ3) is 2.34. The molecule has 1 aromatic carbocycles. The van der Waals surface area contributed by atoms with Crippen LogP contribution >= 0.6 is 0 Å². The van der Waals surface area contributed by atoms with Crippen LogP contribution in [0.5, 0.6) is 0 Å². The standard InChI is InChI=1S/C14H17N3O2S/c1-10-6-7-13(15)11(2)14(10)20(18,19)17(3)12-5-4-8-16-9-12/h4-9H,15H2,1-3H3. The Morgan fingerprint density at radius 3 is 2.50 bits per heavy atom. The van der Waals surface area contributed by atoms with Crippen LogP contribution in [0, 0.1) is 13.8 Å². The van der Waals surface area contributed by atoms with Crippen molar-refractivity contribution in [2.75, 3.05) is 17.1 Å². The van der Waals surface area contributed by atoms with Crippen LogP contribution in [0.4, 0.5) is 11.4 Å². The van der Waals surface area contributed by atoms with Crippen LogP contribution in [-0.2, 0) is 10.0 Å². The smallest absolute Gasteiger partial charge is 0.264 e. The van der Waals surface area contributed by atoms with Crippen molar-refractivity contribution in [3.63, 3.8) is 0 Å². The largest absolute Gasteiger partial charge is 0.398 e. The second-order valence-corrected chi connectivity index (χ2v) is 6.52. The molecule has 2 aromatic rings. The number of aryl methyl sites for hydroxylation is 1. The lowest BCUT2D eigenvalue weighted by molar-refractivity contribution is 0.593. The summed E-state index contributed by atoms with van der Waals surface area (Å²) in [7, 11) is -2.15. The molecule has 20 heavy (non-hydrogen) atoms. The van der Waals surface area contributed by atoms with Gasteiger partial charge < -0.3 is 5.73 Å². The maximum atomic E-state index is 12.8. The number of hydrogen-bond acceptors (Lipinski definition) is 4. The minimum atomic E-state index is -3.66. The average Bonchev–Trinajstić information content (AvgIpc) is 2.43. The summed E-state index contributed by atoms with van der Waals surface area (Å²) in [6, 6.07) is 6.82. The van der Waals surface area contributed by atoms with Gasteiger partial charge in [0, 0.05) is 18.9 Å². The number of nitrogens with two attached hydrogens (primary N) is 1. The summed E-state index contributed by atoms with van der Waals surface area (Å²) >= 11 is 0. The lowest BCUT2D eigenvalue weighted by atomic mass is 10.1. The number of benzene rings is 1. The second kappa shape index (κ2) is 5.13. The maximum absolute atomic E-state index is 12.8. The van der Waals surface area contributed by atoms with Crippen molar-refractivity contribution < 1.29 is 8.42 Å². The molecule has 0 unspecified atom stereocenters. The van der Waals surface area contributed by atoms with Crippen molar-refractivity contribution >= 4 is 21.4 Å². The molecule has 5 nitrogen and oxygen atoms in total. The molecular weight excluding hydrogens is 274 g/mol. The van der Waals surface area contributed by atoms with E-state index in [2.05, 4.69) is 4.98 Å². The zero-order valence-corrected chi connectivity index (χ0v) is 12.5. The third-order valence-electron chi connectivity index (χ3n) is 3.27. The highest BCUT2D eigenvalue weighted by Crippen LogP contribution is 2.29. The number of hydrogen-bond donors (Lipinski definition) is 1. The van der Waals surface area contributed by atoms with Gasteiger partial charge in [-0.15, -0.1) is 0 Å². The van der Waals surface area contributed by atoms with E-state index in [0.29, 0.717) is 22.5 Å². The second-order valence-electron chi connectivity index (χ2n) is 4.61. The van der Waals surface area contributed by atoms with E-state index < -0.39 is 10.0 Å². The molecule has 0 fully saturated rings. The summed E-state index contributed by atoms with van der Waals surface area (Å²) in [6.45, 7) is 3.47. The van der Waals surface area contributed by atoms with Gasteiger partial charge in [0.05, 0.1) is 16.8 Å². The molecule has 6 heteroatoms. The number of pyridine rings is 1. The van der Waals surface area contributed by atoms with Crippen molar-refractivity contribution in [1.29, 1.82) is 0 Å². The predicted octanol–water partition coefficient (Wildman–Crippen LogP) is 2.11. The average molecular weight is 291 g/mol. The lowest BCUT2D eigenvalue weighted by Crippen LogP contribution is -2.28. The highest BCUT2D eigenvalue weighted by Gasteiger charge is 2.26.